The molecule has 0 aromatic rings. The number of esters is 1. The summed E-state index contributed by atoms with van der Waals surface area (Å²) in [5, 5.41) is 21.3. The molecule has 0 saturated heterocycles. The van der Waals surface area contributed by atoms with Gasteiger partial charge in [-0.25, -0.2) is 14.4 Å². The van der Waals surface area contributed by atoms with Crippen LogP contribution >= 0.6 is 0 Å². The zero-order valence-corrected chi connectivity index (χ0v) is 8.89. The monoisotopic (exact) mass is 234 g/mol. The Hall–Kier alpha value is -1.83. The molecule has 0 rings (SSSR count). The van der Waals surface area contributed by atoms with E-state index < -0.39 is 36.7 Å². The highest BCUT2D eigenvalue weighted by Gasteiger charge is 2.21. The quantitative estimate of drug-likeness (QED) is 0.420. The molecule has 2 amide bonds. The van der Waals surface area contributed by atoms with E-state index in [1.165, 1.54) is 6.92 Å². The molecule has 0 fully saturated rings. The highest BCUT2D eigenvalue weighted by Crippen LogP contribution is 1.87. The number of aliphatic hydroxyl groups is 1. The first-order valence-electron chi connectivity index (χ1n) is 4.40. The Labute approximate surface area is 91.6 Å². The second kappa shape index (κ2) is 6.62. The minimum atomic E-state index is -1.41. The molecule has 0 radical (unpaired) electrons. The van der Waals surface area contributed by atoms with E-state index in [1.54, 1.807) is 0 Å². The summed E-state index contributed by atoms with van der Waals surface area (Å²) in [7, 11) is 1.16. The lowest BCUT2D eigenvalue weighted by Gasteiger charge is -2.15. The van der Waals surface area contributed by atoms with Crippen molar-refractivity contribution in [2.24, 2.45) is 0 Å². The molecule has 2 atom stereocenters. The smallest absolute Gasteiger partial charge is 0.328 e. The fraction of sp³-hybridized carbons (Fsp3) is 0.625. The lowest BCUT2D eigenvalue weighted by molar-refractivity contribution is -0.142. The number of amides is 2. The van der Waals surface area contributed by atoms with Gasteiger partial charge in [0, 0.05) is 0 Å². The number of aliphatic carboxylic acids is 1. The van der Waals surface area contributed by atoms with Gasteiger partial charge < -0.3 is 25.6 Å². The highest BCUT2D eigenvalue weighted by molar-refractivity contribution is 5.86. The normalized spacial score (nSPS) is 13.4. The van der Waals surface area contributed by atoms with Crippen LogP contribution in [0.4, 0.5) is 4.79 Å². The van der Waals surface area contributed by atoms with Crippen LogP contribution in [0.3, 0.4) is 0 Å². The number of hydrogen-bond donors (Lipinski definition) is 4. The molecule has 8 heteroatoms. The van der Waals surface area contributed by atoms with Crippen LogP contribution in [0.2, 0.25) is 0 Å². The summed E-state index contributed by atoms with van der Waals surface area (Å²) in [6, 6.07) is -3.19. The van der Waals surface area contributed by atoms with E-state index in [0.717, 1.165) is 7.11 Å². The van der Waals surface area contributed by atoms with Crippen molar-refractivity contribution in [2.75, 3.05) is 13.7 Å². The largest absolute Gasteiger partial charge is 0.480 e. The van der Waals surface area contributed by atoms with E-state index in [9.17, 15) is 14.4 Å². The van der Waals surface area contributed by atoms with Gasteiger partial charge in [0.1, 0.15) is 6.04 Å². The van der Waals surface area contributed by atoms with E-state index in [1.807, 2.05) is 5.32 Å². The van der Waals surface area contributed by atoms with Crippen LogP contribution in [-0.2, 0) is 14.3 Å². The lowest BCUT2D eigenvalue weighted by atomic mass is 10.3. The molecule has 0 aliphatic rings. The number of methoxy groups -OCH3 is 1. The van der Waals surface area contributed by atoms with Gasteiger partial charge in [-0.15, -0.1) is 0 Å². The molecule has 0 aliphatic carbocycles. The maximum atomic E-state index is 11.1. The van der Waals surface area contributed by atoms with Crippen molar-refractivity contribution in [3.63, 3.8) is 0 Å². The Morgan fingerprint density at radius 3 is 2.25 bits per heavy atom. The minimum Gasteiger partial charge on any atom is -0.480 e. The molecule has 16 heavy (non-hydrogen) atoms. The number of carbonyl (C=O) groups excluding carboxylic acids is 2. The van der Waals surface area contributed by atoms with Gasteiger partial charge in [0.05, 0.1) is 13.7 Å². The molecule has 0 saturated carbocycles. The Balaban J connectivity index is 4.17. The summed E-state index contributed by atoms with van der Waals surface area (Å²) in [4.78, 5) is 32.5. The third-order valence-electron chi connectivity index (χ3n) is 1.69. The number of carbonyl (C=O) groups is 3. The minimum absolute atomic E-state index is 0.661. The maximum absolute atomic E-state index is 11.1. The summed E-state index contributed by atoms with van der Waals surface area (Å²) in [6.07, 6.45) is 0. The molecule has 0 spiro atoms. The van der Waals surface area contributed by atoms with Gasteiger partial charge in [-0.3, -0.25) is 0 Å². The summed E-state index contributed by atoms with van der Waals surface area (Å²) in [6.45, 7) is 0.634. The summed E-state index contributed by atoms with van der Waals surface area (Å²) < 4.78 is 4.34. The van der Waals surface area contributed by atoms with Crippen molar-refractivity contribution in [1.29, 1.82) is 0 Å². The molecule has 0 aliphatic heterocycles. The molecular formula is C8H14N2O6. The van der Waals surface area contributed by atoms with E-state index in [-0.39, 0.29) is 0 Å². The number of carboxylic acid groups (broad SMARTS) is 1. The number of carboxylic acids is 1. The van der Waals surface area contributed by atoms with Crippen molar-refractivity contribution in [3.05, 3.63) is 0 Å². The Morgan fingerprint density at radius 1 is 1.31 bits per heavy atom. The fourth-order valence-electron chi connectivity index (χ4n) is 0.818. The van der Waals surface area contributed by atoms with Crippen molar-refractivity contribution in [1.82, 2.24) is 10.6 Å². The summed E-state index contributed by atoms with van der Waals surface area (Å²) in [5.41, 5.74) is 0. The molecule has 0 aromatic carbocycles. The summed E-state index contributed by atoms with van der Waals surface area (Å²) >= 11 is 0. The molecule has 0 heterocycles. The molecule has 92 valence electrons. The number of ether oxygens (including phenoxy) is 1. The SMILES string of the molecule is COC(=O)C(C)NC(=O)NC(CO)C(=O)O. The molecule has 4 N–H and O–H groups in total. The van der Waals surface area contributed by atoms with Crippen molar-refractivity contribution < 1.29 is 29.3 Å². The number of nitrogens with one attached hydrogen (secondary N) is 2. The summed E-state index contributed by atoms with van der Waals surface area (Å²) in [5.74, 6) is -2.03. The van der Waals surface area contributed by atoms with Crippen LogP contribution in [-0.4, -0.2) is 54.0 Å². The van der Waals surface area contributed by atoms with Gasteiger partial charge in [-0.2, -0.15) is 0 Å². The van der Waals surface area contributed by atoms with E-state index in [0.29, 0.717) is 0 Å². The Bertz CT molecular complexity index is 280. The van der Waals surface area contributed by atoms with Crippen LogP contribution < -0.4 is 10.6 Å². The Morgan fingerprint density at radius 2 is 1.88 bits per heavy atom. The maximum Gasteiger partial charge on any atom is 0.328 e. The van der Waals surface area contributed by atoms with Crippen LogP contribution in [0.5, 0.6) is 0 Å². The number of urea groups is 1. The molecule has 0 bridgehead atoms. The van der Waals surface area contributed by atoms with Crippen LogP contribution in [0, 0.1) is 0 Å². The zero-order valence-electron chi connectivity index (χ0n) is 8.89. The predicted molar refractivity (Wildman–Crippen MR) is 51.7 cm³/mol. The first kappa shape index (κ1) is 14.2. The lowest BCUT2D eigenvalue weighted by Crippen LogP contribution is -2.51. The van der Waals surface area contributed by atoms with Gasteiger partial charge in [-0.05, 0) is 6.92 Å². The molecule has 0 aromatic heterocycles. The van der Waals surface area contributed by atoms with Gasteiger partial charge in [0.25, 0.3) is 0 Å². The average molecular weight is 234 g/mol. The second-order valence-corrected chi connectivity index (χ2v) is 2.94. The second-order valence-electron chi connectivity index (χ2n) is 2.94. The molecule has 2 unspecified atom stereocenters. The van der Waals surface area contributed by atoms with E-state index in [2.05, 4.69) is 10.1 Å². The number of hydrogen-bond acceptors (Lipinski definition) is 5. The first-order valence-corrected chi connectivity index (χ1v) is 4.40. The first-order chi connectivity index (χ1) is 7.42. The Kier molecular flexibility index (Phi) is 5.86. The van der Waals surface area contributed by atoms with Crippen LogP contribution in [0.15, 0.2) is 0 Å². The van der Waals surface area contributed by atoms with Crippen LogP contribution in [0.25, 0.3) is 0 Å². The van der Waals surface area contributed by atoms with Crippen molar-refractivity contribution in [3.8, 4) is 0 Å². The van der Waals surface area contributed by atoms with E-state index in [4.69, 9.17) is 10.2 Å². The van der Waals surface area contributed by atoms with Crippen molar-refractivity contribution in [2.45, 2.75) is 19.0 Å². The van der Waals surface area contributed by atoms with Crippen LogP contribution in [0.1, 0.15) is 6.92 Å². The van der Waals surface area contributed by atoms with Gasteiger partial charge >= 0.3 is 18.0 Å². The third kappa shape index (κ3) is 4.60. The van der Waals surface area contributed by atoms with Gasteiger partial charge in [-0.1, -0.05) is 0 Å². The predicted octanol–water partition coefficient (Wildman–Crippen LogP) is -1.71. The van der Waals surface area contributed by atoms with Crippen molar-refractivity contribution >= 4 is 18.0 Å². The number of rotatable bonds is 5. The number of aliphatic hydroxyl groups excluding tert-OH is 1. The highest BCUT2D eigenvalue weighted by atomic mass is 16.5. The zero-order chi connectivity index (χ0) is 12.7. The van der Waals surface area contributed by atoms with Gasteiger partial charge in [0.15, 0.2) is 6.04 Å². The fourth-order valence-corrected chi connectivity index (χ4v) is 0.818. The molecular weight excluding hydrogens is 220 g/mol. The van der Waals surface area contributed by atoms with E-state index >= 15 is 0 Å². The standard InChI is InChI=1S/C8H14N2O6/c1-4(7(14)16-2)9-8(15)10-5(3-11)6(12)13/h4-5,11H,3H2,1-2H3,(H,12,13)(H2,9,10,15). The topological polar surface area (TPSA) is 125 Å². The van der Waals surface area contributed by atoms with Gasteiger partial charge in [0.2, 0.25) is 0 Å². The molecule has 8 nitrogen and oxygen atoms in total. The third-order valence-corrected chi connectivity index (χ3v) is 1.69. The average Bonchev–Trinajstić information content (AvgIpc) is 2.23.